The van der Waals surface area contributed by atoms with Crippen molar-refractivity contribution in [1.82, 2.24) is 0 Å². The number of halogens is 1. The lowest BCUT2D eigenvalue weighted by atomic mass is 10.1. The molecule has 1 aliphatic heterocycles. The van der Waals surface area contributed by atoms with Gasteiger partial charge in [-0.15, -0.1) is 0 Å². The Morgan fingerprint density at radius 3 is 2.25 bits per heavy atom. The van der Waals surface area contributed by atoms with Crippen LogP contribution in [0.5, 0.6) is 0 Å². The SMILES string of the molecule is C[n+]1ccccc1C1COC(c2ccccc2)OC1.[I-]. The Morgan fingerprint density at radius 1 is 0.950 bits per heavy atom. The maximum Gasteiger partial charge on any atom is 0.188 e. The lowest BCUT2D eigenvalue weighted by molar-refractivity contribution is -0.681. The van der Waals surface area contributed by atoms with E-state index in [0.29, 0.717) is 19.1 Å². The molecule has 2 heterocycles. The average molecular weight is 383 g/mol. The summed E-state index contributed by atoms with van der Waals surface area (Å²) in [4.78, 5) is 0. The van der Waals surface area contributed by atoms with Gasteiger partial charge < -0.3 is 33.5 Å². The summed E-state index contributed by atoms with van der Waals surface area (Å²) in [5, 5.41) is 0. The van der Waals surface area contributed by atoms with Crippen LogP contribution in [0.1, 0.15) is 23.5 Å². The van der Waals surface area contributed by atoms with E-state index < -0.39 is 0 Å². The summed E-state index contributed by atoms with van der Waals surface area (Å²) in [5.74, 6) is 0.297. The highest BCUT2D eigenvalue weighted by molar-refractivity contribution is 5.16. The highest BCUT2D eigenvalue weighted by Crippen LogP contribution is 2.28. The molecule has 2 aromatic rings. The standard InChI is InChI=1S/C16H18NO2.HI/c1-17-10-6-5-9-15(17)14-11-18-16(19-12-14)13-7-3-2-4-8-13;/h2-10,14,16H,11-12H2,1H3;1H/q+1;/p-1. The zero-order chi connectivity index (χ0) is 13.1. The van der Waals surface area contributed by atoms with Crippen LogP contribution in [0, 0.1) is 0 Å². The molecule has 0 radical (unpaired) electrons. The third kappa shape index (κ3) is 3.37. The summed E-state index contributed by atoms with van der Waals surface area (Å²) in [6.45, 7) is 1.38. The maximum absolute atomic E-state index is 5.85. The molecule has 0 aliphatic carbocycles. The Morgan fingerprint density at radius 2 is 1.60 bits per heavy atom. The van der Waals surface area contributed by atoms with E-state index >= 15 is 0 Å². The first-order chi connectivity index (χ1) is 9.34. The molecular weight excluding hydrogens is 365 g/mol. The van der Waals surface area contributed by atoms with Crippen molar-refractivity contribution in [3.8, 4) is 0 Å². The molecule has 1 aromatic heterocycles. The maximum atomic E-state index is 5.85. The quantitative estimate of drug-likeness (QED) is 0.508. The summed E-state index contributed by atoms with van der Waals surface area (Å²) in [6, 6.07) is 16.3. The van der Waals surface area contributed by atoms with Crippen LogP contribution in [-0.4, -0.2) is 13.2 Å². The number of hydrogen-bond acceptors (Lipinski definition) is 2. The first-order valence-corrected chi connectivity index (χ1v) is 6.57. The fraction of sp³-hybridized carbons (Fsp3) is 0.312. The van der Waals surface area contributed by atoms with Crippen molar-refractivity contribution in [1.29, 1.82) is 0 Å². The lowest BCUT2D eigenvalue weighted by Gasteiger charge is -2.28. The van der Waals surface area contributed by atoms with E-state index in [4.69, 9.17) is 9.47 Å². The number of pyridine rings is 1. The van der Waals surface area contributed by atoms with Crippen molar-refractivity contribution in [2.75, 3.05) is 13.2 Å². The molecule has 0 N–H and O–H groups in total. The van der Waals surface area contributed by atoms with Crippen LogP contribution in [0.2, 0.25) is 0 Å². The van der Waals surface area contributed by atoms with Gasteiger partial charge in [-0.25, -0.2) is 4.57 Å². The van der Waals surface area contributed by atoms with Crippen LogP contribution in [-0.2, 0) is 16.5 Å². The number of aromatic nitrogens is 1. The molecule has 1 aromatic carbocycles. The Balaban J connectivity index is 0.00000147. The van der Waals surface area contributed by atoms with Gasteiger partial charge in [0.2, 0.25) is 0 Å². The minimum absolute atomic E-state index is 0. The topological polar surface area (TPSA) is 22.3 Å². The number of ether oxygens (including phenoxy) is 2. The van der Waals surface area contributed by atoms with Gasteiger partial charge >= 0.3 is 0 Å². The monoisotopic (exact) mass is 383 g/mol. The van der Waals surface area contributed by atoms with Gasteiger partial charge in [-0.05, 0) is 0 Å². The predicted octanol–water partition coefficient (Wildman–Crippen LogP) is -0.656. The second kappa shape index (κ2) is 7.15. The van der Waals surface area contributed by atoms with Crippen molar-refractivity contribution >= 4 is 0 Å². The zero-order valence-corrected chi connectivity index (χ0v) is 13.6. The van der Waals surface area contributed by atoms with E-state index in [1.165, 1.54) is 5.69 Å². The van der Waals surface area contributed by atoms with Crippen molar-refractivity contribution < 1.29 is 38.0 Å². The van der Waals surface area contributed by atoms with E-state index in [9.17, 15) is 0 Å². The van der Waals surface area contributed by atoms with Crippen molar-refractivity contribution in [3.05, 3.63) is 66.0 Å². The number of rotatable bonds is 2. The molecule has 4 heteroatoms. The molecule has 0 bridgehead atoms. The van der Waals surface area contributed by atoms with Gasteiger partial charge in [0.1, 0.15) is 7.05 Å². The van der Waals surface area contributed by atoms with Crippen LogP contribution in [0.4, 0.5) is 0 Å². The fourth-order valence-electron chi connectivity index (χ4n) is 2.44. The van der Waals surface area contributed by atoms with Crippen LogP contribution in [0.3, 0.4) is 0 Å². The van der Waals surface area contributed by atoms with Crippen LogP contribution < -0.4 is 28.5 Å². The van der Waals surface area contributed by atoms with E-state index in [1.54, 1.807) is 0 Å². The largest absolute Gasteiger partial charge is 1.00 e. The van der Waals surface area contributed by atoms with Gasteiger partial charge in [-0.3, -0.25) is 0 Å². The molecule has 106 valence electrons. The van der Waals surface area contributed by atoms with Crippen LogP contribution >= 0.6 is 0 Å². The van der Waals surface area contributed by atoms with Crippen LogP contribution in [0.15, 0.2) is 54.7 Å². The second-order valence-electron chi connectivity index (χ2n) is 4.84. The normalized spacial score (nSPS) is 22.1. The van der Waals surface area contributed by atoms with E-state index in [-0.39, 0.29) is 30.3 Å². The molecule has 0 spiro atoms. The Labute approximate surface area is 136 Å². The Hall–Kier alpha value is -0.980. The van der Waals surface area contributed by atoms with Gasteiger partial charge in [0.25, 0.3) is 0 Å². The zero-order valence-electron chi connectivity index (χ0n) is 11.4. The second-order valence-corrected chi connectivity index (χ2v) is 4.84. The number of aryl methyl sites for hydroxylation is 1. The molecule has 1 fully saturated rings. The molecule has 0 saturated carbocycles. The average Bonchev–Trinajstić information content (AvgIpc) is 2.49. The van der Waals surface area contributed by atoms with Crippen molar-refractivity contribution in [3.63, 3.8) is 0 Å². The molecule has 1 aliphatic rings. The molecule has 20 heavy (non-hydrogen) atoms. The van der Waals surface area contributed by atoms with E-state index in [1.807, 2.05) is 36.4 Å². The first kappa shape index (κ1) is 15.4. The molecular formula is C16H18INO2. The highest BCUT2D eigenvalue weighted by atomic mass is 127. The summed E-state index contributed by atoms with van der Waals surface area (Å²) >= 11 is 0. The summed E-state index contributed by atoms with van der Waals surface area (Å²) in [5.41, 5.74) is 2.33. The smallest absolute Gasteiger partial charge is 0.188 e. The molecule has 3 rings (SSSR count). The summed E-state index contributed by atoms with van der Waals surface area (Å²) < 4.78 is 13.8. The molecule has 0 atom stereocenters. The van der Waals surface area contributed by atoms with Gasteiger partial charge in [-0.1, -0.05) is 36.4 Å². The first-order valence-electron chi connectivity index (χ1n) is 6.57. The minimum Gasteiger partial charge on any atom is -1.00 e. The number of benzene rings is 1. The van der Waals surface area contributed by atoms with E-state index in [2.05, 4.69) is 29.9 Å². The number of nitrogens with zero attached hydrogens (tertiary/aromatic N) is 1. The summed E-state index contributed by atoms with van der Waals surface area (Å²) in [6.07, 6.45) is 1.82. The van der Waals surface area contributed by atoms with Gasteiger partial charge in [0.15, 0.2) is 18.2 Å². The fourth-order valence-corrected chi connectivity index (χ4v) is 2.44. The molecule has 3 nitrogen and oxygen atoms in total. The highest BCUT2D eigenvalue weighted by Gasteiger charge is 2.28. The Bertz CT molecular complexity index is 539. The number of hydrogen-bond donors (Lipinski definition) is 0. The third-order valence-electron chi connectivity index (χ3n) is 3.48. The van der Waals surface area contributed by atoms with Gasteiger partial charge in [0.05, 0.1) is 19.1 Å². The van der Waals surface area contributed by atoms with E-state index in [0.717, 1.165) is 5.56 Å². The summed E-state index contributed by atoms with van der Waals surface area (Å²) in [7, 11) is 2.05. The van der Waals surface area contributed by atoms with Crippen molar-refractivity contribution in [2.24, 2.45) is 7.05 Å². The third-order valence-corrected chi connectivity index (χ3v) is 3.48. The van der Waals surface area contributed by atoms with Crippen molar-refractivity contribution in [2.45, 2.75) is 12.2 Å². The Kier molecular flexibility index (Phi) is 5.51. The molecule has 0 unspecified atom stereocenters. The predicted molar refractivity (Wildman–Crippen MR) is 71.4 cm³/mol. The minimum atomic E-state index is -0.230. The van der Waals surface area contributed by atoms with Gasteiger partial charge in [-0.2, -0.15) is 0 Å². The van der Waals surface area contributed by atoms with Gasteiger partial charge in [0, 0.05) is 17.7 Å². The molecule has 1 saturated heterocycles. The molecule has 0 amide bonds. The lowest BCUT2D eigenvalue weighted by Crippen LogP contribution is -3.00. The van der Waals surface area contributed by atoms with Crippen LogP contribution in [0.25, 0.3) is 0 Å².